The second-order valence-electron chi connectivity index (χ2n) is 8.67. The number of hydrogen-bond donors (Lipinski definition) is 0. The monoisotopic (exact) mass is 420 g/mol. The number of piperidine rings is 1. The maximum absolute atomic E-state index is 12.9. The Bertz CT molecular complexity index is 812. The highest BCUT2D eigenvalue weighted by Crippen LogP contribution is 2.30. The second-order valence-corrected chi connectivity index (χ2v) is 8.67. The van der Waals surface area contributed by atoms with Gasteiger partial charge in [-0.1, -0.05) is 87.4 Å². The van der Waals surface area contributed by atoms with Gasteiger partial charge in [-0.05, 0) is 29.9 Å². The average Bonchev–Trinajstić information content (AvgIpc) is 3.20. The summed E-state index contributed by atoms with van der Waals surface area (Å²) in [5.41, 5.74) is 2.48. The minimum atomic E-state index is -0.186. The topological polar surface area (TPSA) is 40.6 Å². The lowest BCUT2D eigenvalue weighted by Gasteiger charge is -2.33. The summed E-state index contributed by atoms with van der Waals surface area (Å²) in [6.45, 7) is 7.09. The number of carbonyl (C=O) groups is 2. The number of rotatable bonds is 5. The third-order valence-electron chi connectivity index (χ3n) is 6.36. The molecule has 2 aliphatic heterocycles. The van der Waals surface area contributed by atoms with Crippen molar-refractivity contribution in [2.75, 3.05) is 19.6 Å². The molecule has 1 unspecified atom stereocenters. The number of likely N-dealkylation sites (tertiary alicyclic amines) is 2. The van der Waals surface area contributed by atoms with E-state index in [0.29, 0.717) is 25.4 Å². The van der Waals surface area contributed by atoms with E-state index < -0.39 is 0 Å². The van der Waals surface area contributed by atoms with Crippen LogP contribution in [0.5, 0.6) is 0 Å². The largest absolute Gasteiger partial charge is 0.342 e. The quantitative estimate of drug-likeness (QED) is 0.663. The van der Waals surface area contributed by atoms with Crippen molar-refractivity contribution < 1.29 is 9.59 Å². The summed E-state index contributed by atoms with van der Waals surface area (Å²) in [4.78, 5) is 29.1. The molecule has 0 aliphatic carbocycles. The summed E-state index contributed by atoms with van der Waals surface area (Å²) < 4.78 is 0. The third kappa shape index (κ3) is 6.43. The number of nitrogens with zero attached hydrogens (tertiary/aromatic N) is 2. The Morgan fingerprint density at radius 2 is 1.48 bits per heavy atom. The fourth-order valence-corrected chi connectivity index (χ4v) is 4.31. The Hall–Kier alpha value is -2.62. The molecule has 0 aromatic heterocycles. The first-order chi connectivity index (χ1) is 15.1. The van der Waals surface area contributed by atoms with Gasteiger partial charge in [0.15, 0.2) is 0 Å². The molecule has 2 amide bonds. The summed E-state index contributed by atoms with van der Waals surface area (Å²) >= 11 is 0. The summed E-state index contributed by atoms with van der Waals surface area (Å²) in [6, 6.07) is 20.6. The van der Waals surface area contributed by atoms with Gasteiger partial charge in [0.05, 0.1) is 5.92 Å². The third-order valence-corrected chi connectivity index (χ3v) is 6.36. The van der Waals surface area contributed by atoms with Gasteiger partial charge >= 0.3 is 0 Å². The van der Waals surface area contributed by atoms with Crippen molar-refractivity contribution in [1.82, 2.24) is 9.80 Å². The van der Waals surface area contributed by atoms with E-state index >= 15 is 0 Å². The van der Waals surface area contributed by atoms with Crippen LogP contribution in [-0.4, -0.2) is 41.2 Å². The molecule has 0 saturated carbocycles. The van der Waals surface area contributed by atoms with Crippen molar-refractivity contribution in [3.8, 4) is 0 Å². The molecule has 2 fully saturated rings. The molecule has 2 aromatic rings. The van der Waals surface area contributed by atoms with Gasteiger partial charge in [0.2, 0.25) is 11.8 Å². The van der Waals surface area contributed by atoms with Gasteiger partial charge in [0.25, 0.3) is 0 Å². The Kier molecular flexibility index (Phi) is 8.69. The smallest absolute Gasteiger partial charge is 0.227 e. The maximum Gasteiger partial charge on any atom is 0.227 e. The molecule has 0 spiro atoms. The first-order valence-electron chi connectivity index (χ1n) is 11.8. The standard InChI is InChI=1S/C23H26N2O2.C4H10/c26-22-15-21(17-25(22)16-18-7-3-1-4-8-18)23(27)24-13-11-20(12-14-24)19-9-5-2-6-10-19;1-3-4-2/h1-10,20-21H,11-17H2;3-4H2,1-2H3. The van der Waals surface area contributed by atoms with Crippen molar-refractivity contribution in [3.05, 3.63) is 71.8 Å². The lowest BCUT2D eigenvalue weighted by molar-refractivity contribution is -0.136. The van der Waals surface area contributed by atoms with Gasteiger partial charge in [0, 0.05) is 32.6 Å². The zero-order valence-electron chi connectivity index (χ0n) is 19.0. The van der Waals surface area contributed by atoms with Crippen LogP contribution in [-0.2, 0) is 16.1 Å². The molecule has 1 atom stereocenters. The zero-order chi connectivity index (χ0) is 22.1. The second kappa shape index (κ2) is 11.7. The number of unbranched alkanes of at least 4 members (excludes halogenated alkanes) is 1. The van der Waals surface area contributed by atoms with E-state index in [4.69, 9.17) is 0 Å². The van der Waals surface area contributed by atoms with Gasteiger partial charge in [-0.15, -0.1) is 0 Å². The van der Waals surface area contributed by atoms with Crippen molar-refractivity contribution in [3.63, 3.8) is 0 Å². The Morgan fingerprint density at radius 3 is 2.06 bits per heavy atom. The van der Waals surface area contributed by atoms with E-state index in [1.807, 2.05) is 46.2 Å². The van der Waals surface area contributed by atoms with E-state index in [1.54, 1.807) is 0 Å². The van der Waals surface area contributed by atoms with E-state index in [-0.39, 0.29) is 17.7 Å². The van der Waals surface area contributed by atoms with Gasteiger partial charge < -0.3 is 9.80 Å². The van der Waals surface area contributed by atoms with Crippen LogP contribution < -0.4 is 0 Å². The molecule has 0 N–H and O–H groups in total. The molecule has 4 nitrogen and oxygen atoms in total. The minimum Gasteiger partial charge on any atom is -0.342 e. The lowest BCUT2D eigenvalue weighted by Crippen LogP contribution is -2.42. The van der Waals surface area contributed by atoms with Gasteiger partial charge in [-0.3, -0.25) is 9.59 Å². The van der Waals surface area contributed by atoms with Gasteiger partial charge in [-0.2, -0.15) is 0 Å². The van der Waals surface area contributed by atoms with Gasteiger partial charge in [0.1, 0.15) is 0 Å². The Labute approximate surface area is 187 Å². The number of carbonyl (C=O) groups excluding carboxylic acids is 2. The molecule has 4 rings (SSSR count). The molecule has 2 aliphatic rings. The predicted octanol–water partition coefficient (Wildman–Crippen LogP) is 5.25. The van der Waals surface area contributed by atoms with Crippen LogP contribution in [0.4, 0.5) is 0 Å². The molecule has 0 bridgehead atoms. The molecular formula is C27H36N2O2. The normalized spacial score (nSPS) is 19.2. The van der Waals surface area contributed by atoms with Crippen LogP contribution in [0.15, 0.2) is 60.7 Å². The predicted molar refractivity (Wildman–Crippen MR) is 126 cm³/mol. The highest BCUT2D eigenvalue weighted by atomic mass is 16.2. The summed E-state index contributed by atoms with van der Waals surface area (Å²) in [5, 5.41) is 0. The Morgan fingerprint density at radius 1 is 0.903 bits per heavy atom. The van der Waals surface area contributed by atoms with E-state index in [2.05, 4.69) is 38.1 Å². The fourth-order valence-electron chi connectivity index (χ4n) is 4.31. The first kappa shape index (κ1) is 23.1. The zero-order valence-corrected chi connectivity index (χ0v) is 19.0. The van der Waals surface area contributed by atoms with Crippen molar-refractivity contribution >= 4 is 11.8 Å². The maximum atomic E-state index is 12.9. The van der Waals surface area contributed by atoms with Crippen molar-refractivity contribution in [1.29, 1.82) is 0 Å². The molecule has 2 saturated heterocycles. The van der Waals surface area contributed by atoms with Crippen LogP contribution >= 0.6 is 0 Å². The van der Waals surface area contributed by atoms with Crippen LogP contribution in [0.2, 0.25) is 0 Å². The summed E-state index contributed by atoms with van der Waals surface area (Å²) in [6.07, 6.45) is 5.00. The minimum absolute atomic E-state index is 0.0939. The molecule has 2 heterocycles. The molecule has 4 heteroatoms. The molecule has 31 heavy (non-hydrogen) atoms. The fraction of sp³-hybridized carbons (Fsp3) is 0.481. The molecular weight excluding hydrogens is 384 g/mol. The van der Waals surface area contributed by atoms with Crippen molar-refractivity contribution in [2.24, 2.45) is 5.92 Å². The van der Waals surface area contributed by atoms with Crippen LogP contribution in [0, 0.1) is 5.92 Å². The van der Waals surface area contributed by atoms with Crippen LogP contribution in [0.25, 0.3) is 0 Å². The number of amides is 2. The Balaban J connectivity index is 0.000000628. The van der Waals surface area contributed by atoms with E-state index in [9.17, 15) is 9.59 Å². The number of hydrogen-bond acceptors (Lipinski definition) is 2. The van der Waals surface area contributed by atoms with E-state index in [1.165, 1.54) is 18.4 Å². The lowest BCUT2D eigenvalue weighted by atomic mass is 9.89. The number of benzene rings is 2. The van der Waals surface area contributed by atoms with Crippen LogP contribution in [0.3, 0.4) is 0 Å². The summed E-state index contributed by atoms with van der Waals surface area (Å²) in [5.74, 6) is 0.603. The first-order valence-corrected chi connectivity index (χ1v) is 11.8. The highest BCUT2D eigenvalue weighted by molar-refractivity contribution is 5.89. The summed E-state index contributed by atoms with van der Waals surface area (Å²) in [7, 11) is 0. The SMILES string of the molecule is CCCC.O=C1CC(C(=O)N2CCC(c3ccccc3)CC2)CN1Cc1ccccc1. The average molecular weight is 421 g/mol. The highest BCUT2D eigenvalue weighted by Gasteiger charge is 2.37. The molecule has 2 aromatic carbocycles. The van der Waals surface area contributed by atoms with Gasteiger partial charge in [-0.25, -0.2) is 0 Å². The van der Waals surface area contributed by atoms with Crippen LogP contribution in [0.1, 0.15) is 63.0 Å². The molecule has 166 valence electrons. The van der Waals surface area contributed by atoms with E-state index in [0.717, 1.165) is 31.5 Å². The molecule has 0 radical (unpaired) electrons. The van der Waals surface area contributed by atoms with Crippen molar-refractivity contribution in [2.45, 2.75) is 58.4 Å².